The van der Waals surface area contributed by atoms with E-state index in [2.05, 4.69) is 25.6 Å². The number of anilines is 1. The second-order valence-electron chi connectivity index (χ2n) is 3.85. The highest BCUT2D eigenvalue weighted by Crippen LogP contribution is 2.25. The molecule has 0 saturated heterocycles. The van der Waals surface area contributed by atoms with Gasteiger partial charge in [0.1, 0.15) is 11.2 Å². The van der Waals surface area contributed by atoms with Gasteiger partial charge in [-0.2, -0.15) is 4.98 Å². The fourth-order valence-corrected chi connectivity index (χ4v) is 3.34. The molecule has 0 aliphatic heterocycles. The van der Waals surface area contributed by atoms with Crippen molar-refractivity contribution in [2.75, 3.05) is 4.72 Å². The van der Waals surface area contributed by atoms with E-state index in [9.17, 15) is 13.2 Å². The molecule has 1 aromatic carbocycles. The molecule has 0 bridgehead atoms. The van der Waals surface area contributed by atoms with Crippen LogP contribution in [-0.2, 0) is 10.0 Å². The van der Waals surface area contributed by atoms with Crippen LogP contribution in [0, 0.1) is 6.92 Å². The summed E-state index contributed by atoms with van der Waals surface area (Å²) >= 11 is 3.07. The van der Waals surface area contributed by atoms with Gasteiger partial charge in [0.15, 0.2) is 0 Å². The number of halogens is 1. The molecule has 0 aliphatic carbocycles. The normalized spacial score (nSPS) is 11.3. The van der Waals surface area contributed by atoms with Crippen LogP contribution in [0.5, 0.6) is 0 Å². The van der Waals surface area contributed by atoms with Gasteiger partial charge >= 0.3 is 12.0 Å². The van der Waals surface area contributed by atoms with Crippen LogP contribution in [0.2, 0.25) is 0 Å². The molecular weight excluding hydrogens is 352 g/mol. The Hall–Kier alpha value is -1.87. The van der Waals surface area contributed by atoms with E-state index < -0.39 is 16.0 Å². The summed E-state index contributed by atoms with van der Waals surface area (Å²) in [6, 6.07) is 3.50. The number of oxazole rings is 1. The van der Waals surface area contributed by atoms with Crippen LogP contribution in [0.4, 0.5) is 6.01 Å². The number of aromatic nitrogens is 1. The highest BCUT2D eigenvalue weighted by Gasteiger charge is 2.21. The van der Waals surface area contributed by atoms with E-state index in [1.165, 1.54) is 18.4 Å². The Morgan fingerprint density at radius 3 is 2.70 bits per heavy atom. The van der Waals surface area contributed by atoms with Crippen LogP contribution in [-0.4, -0.2) is 24.5 Å². The summed E-state index contributed by atoms with van der Waals surface area (Å²) in [4.78, 5) is 14.5. The molecule has 2 N–H and O–H groups in total. The van der Waals surface area contributed by atoms with Gasteiger partial charge in [0.25, 0.3) is 10.0 Å². The molecule has 0 fully saturated rings. The molecule has 1 aromatic heterocycles. The third-order valence-corrected chi connectivity index (χ3v) is 4.62. The van der Waals surface area contributed by atoms with Crippen molar-refractivity contribution in [3.63, 3.8) is 0 Å². The second-order valence-corrected chi connectivity index (χ2v) is 6.36. The molecule has 0 spiro atoms. The predicted molar refractivity (Wildman–Crippen MR) is 73.1 cm³/mol. The quantitative estimate of drug-likeness (QED) is 0.864. The minimum Gasteiger partial charge on any atom is -0.478 e. The number of benzene rings is 1. The number of sulfonamides is 1. The van der Waals surface area contributed by atoms with Crippen LogP contribution in [0.15, 0.2) is 38.2 Å². The molecule has 0 amide bonds. The van der Waals surface area contributed by atoms with Gasteiger partial charge < -0.3 is 9.52 Å². The minimum absolute atomic E-state index is 0.142. The fraction of sp³-hybridized carbons (Fsp3) is 0.0909. The number of rotatable bonds is 4. The Bertz CT molecular complexity index is 769. The Labute approximate surface area is 122 Å². The molecule has 2 rings (SSSR count). The first-order valence-electron chi connectivity index (χ1n) is 5.27. The molecule has 0 aliphatic rings. The van der Waals surface area contributed by atoms with Crippen molar-refractivity contribution in [1.82, 2.24) is 4.98 Å². The average molecular weight is 361 g/mol. The predicted octanol–water partition coefficient (Wildman–Crippen LogP) is 2.24. The molecule has 1 heterocycles. The number of carbonyl (C=O) groups is 1. The van der Waals surface area contributed by atoms with E-state index in [-0.39, 0.29) is 20.9 Å². The van der Waals surface area contributed by atoms with E-state index in [1.54, 1.807) is 6.92 Å². The zero-order valence-electron chi connectivity index (χ0n) is 10.1. The van der Waals surface area contributed by atoms with Crippen LogP contribution in [0.3, 0.4) is 0 Å². The monoisotopic (exact) mass is 360 g/mol. The largest absolute Gasteiger partial charge is 0.478 e. The van der Waals surface area contributed by atoms with Crippen molar-refractivity contribution >= 4 is 37.9 Å². The molecule has 0 saturated carbocycles. The summed E-state index contributed by atoms with van der Waals surface area (Å²) in [6.45, 7) is 1.64. The van der Waals surface area contributed by atoms with Crippen LogP contribution >= 0.6 is 15.9 Å². The van der Waals surface area contributed by atoms with E-state index >= 15 is 0 Å². The highest BCUT2D eigenvalue weighted by molar-refractivity contribution is 9.10. The Kier molecular flexibility index (Phi) is 3.82. The topological polar surface area (TPSA) is 110 Å². The van der Waals surface area contributed by atoms with Gasteiger partial charge in [0.2, 0.25) is 0 Å². The lowest BCUT2D eigenvalue weighted by Gasteiger charge is -2.07. The summed E-state index contributed by atoms with van der Waals surface area (Å²) in [5.41, 5.74) is 0.373. The van der Waals surface area contributed by atoms with Crippen molar-refractivity contribution in [2.45, 2.75) is 11.8 Å². The summed E-state index contributed by atoms with van der Waals surface area (Å²) in [6.07, 6.45) is 1.29. The first-order chi connectivity index (χ1) is 9.29. The lowest BCUT2D eigenvalue weighted by Crippen LogP contribution is -2.14. The number of hydrogen-bond acceptors (Lipinski definition) is 5. The zero-order chi connectivity index (χ0) is 14.9. The first-order valence-corrected chi connectivity index (χ1v) is 7.55. The summed E-state index contributed by atoms with van der Waals surface area (Å²) in [5.74, 6) is -1.22. The Balaban J connectivity index is 2.43. The van der Waals surface area contributed by atoms with Gasteiger partial charge in [-0.25, -0.2) is 17.9 Å². The maximum atomic E-state index is 12.2. The maximum absolute atomic E-state index is 12.2. The fourth-order valence-electron chi connectivity index (χ4n) is 1.41. The molecule has 106 valence electrons. The van der Waals surface area contributed by atoms with E-state index in [0.29, 0.717) is 5.69 Å². The second kappa shape index (κ2) is 5.25. The molecule has 20 heavy (non-hydrogen) atoms. The lowest BCUT2D eigenvalue weighted by atomic mass is 10.2. The van der Waals surface area contributed by atoms with Crippen LogP contribution in [0.1, 0.15) is 16.1 Å². The zero-order valence-corrected chi connectivity index (χ0v) is 12.5. The minimum atomic E-state index is -4.00. The van der Waals surface area contributed by atoms with Crippen molar-refractivity contribution in [3.05, 3.63) is 40.2 Å². The standard InChI is InChI=1S/C11H9BrN2O5S/c1-6-5-19-11(13-6)14-20(17,18)9-4-7(10(15)16)2-3-8(9)12/h2-5H,1H3,(H,13,14)(H,15,16). The average Bonchev–Trinajstić information content (AvgIpc) is 2.73. The number of nitrogens with one attached hydrogen (secondary N) is 1. The Morgan fingerprint density at radius 1 is 1.45 bits per heavy atom. The van der Waals surface area contributed by atoms with Gasteiger partial charge in [0, 0.05) is 4.47 Å². The third-order valence-electron chi connectivity index (χ3n) is 2.31. The SMILES string of the molecule is Cc1coc(NS(=O)(=O)c2cc(C(=O)O)ccc2Br)n1. The highest BCUT2D eigenvalue weighted by atomic mass is 79.9. The number of carboxylic acid groups (broad SMARTS) is 1. The van der Waals surface area contributed by atoms with Crippen LogP contribution in [0.25, 0.3) is 0 Å². The number of carboxylic acids is 1. The number of aromatic carboxylic acids is 1. The lowest BCUT2D eigenvalue weighted by molar-refractivity contribution is 0.0696. The van der Waals surface area contributed by atoms with E-state index in [1.807, 2.05) is 0 Å². The number of nitrogens with zero attached hydrogens (tertiary/aromatic N) is 1. The van der Waals surface area contributed by atoms with Gasteiger partial charge in [-0.1, -0.05) is 0 Å². The number of aryl methyl sites for hydroxylation is 1. The van der Waals surface area contributed by atoms with Gasteiger partial charge in [-0.15, -0.1) is 0 Å². The van der Waals surface area contributed by atoms with Gasteiger partial charge in [0.05, 0.1) is 11.3 Å². The molecule has 0 unspecified atom stereocenters. The van der Waals surface area contributed by atoms with Gasteiger partial charge in [-0.05, 0) is 41.1 Å². The molecule has 0 radical (unpaired) electrons. The van der Waals surface area contributed by atoms with Gasteiger partial charge in [-0.3, -0.25) is 0 Å². The van der Waals surface area contributed by atoms with Crippen molar-refractivity contribution < 1.29 is 22.7 Å². The summed E-state index contributed by atoms with van der Waals surface area (Å²) in [5, 5.41) is 8.90. The molecule has 0 atom stereocenters. The van der Waals surface area contributed by atoms with Crippen LogP contribution < -0.4 is 4.72 Å². The smallest absolute Gasteiger partial charge is 0.335 e. The van der Waals surface area contributed by atoms with Crippen molar-refractivity contribution in [2.24, 2.45) is 0 Å². The van der Waals surface area contributed by atoms with Crippen molar-refractivity contribution in [1.29, 1.82) is 0 Å². The molecule has 9 heteroatoms. The Morgan fingerprint density at radius 2 is 2.15 bits per heavy atom. The molecule has 7 nitrogen and oxygen atoms in total. The molecule has 2 aromatic rings. The third kappa shape index (κ3) is 2.99. The number of hydrogen-bond donors (Lipinski definition) is 2. The van der Waals surface area contributed by atoms with Crippen molar-refractivity contribution in [3.8, 4) is 0 Å². The van der Waals surface area contributed by atoms with E-state index in [4.69, 9.17) is 9.52 Å². The summed E-state index contributed by atoms with van der Waals surface area (Å²) in [7, 11) is -4.00. The molecular formula is C11H9BrN2O5S. The first kappa shape index (κ1) is 14.5. The maximum Gasteiger partial charge on any atom is 0.335 e. The van der Waals surface area contributed by atoms with E-state index in [0.717, 1.165) is 6.07 Å². The summed E-state index contributed by atoms with van der Waals surface area (Å²) < 4.78 is 31.6.